The maximum atomic E-state index is 12.9. The van der Waals surface area contributed by atoms with E-state index in [1.807, 2.05) is 178 Å². The number of esters is 1. The maximum Gasteiger partial charge on any atom is 0.306 e. The molecule has 2 N–H and O–H groups in total. The summed E-state index contributed by atoms with van der Waals surface area (Å²) in [4.78, 5) is 64.7. The first-order valence-corrected chi connectivity index (χ1v) is 33.0. The maximum absolute atomic E-state index is 12.9. The highest BCUT2D eigenvalue weighted by Gasteiger charge is 2.41. The number of rotatable bonds is 20. The van der Waals surface area contributed by atoms with Crippen LogP contribution in [0.25, 0.3) is 0 Å². The molecule has 0 aliphatic carbocycles. The van der Waals surface area contributed by atoms with E-state index in [-0.39, 0.29) is 49.5 Å². The van der Waals surface area contributed by atoms with E-state index in [4.69, 9.17) is 15.5 Å². The van der Waals surface area contributed by atoms with Gasteiger partial charge in [0.25, 0.3) is 0 Å². The molecule has 2 saturated heterocycles. The first kappa shape index (κ1) is 72.2. The highest BCUT2D eigenvalue weighted by Crippen LogP contribution is 2.43. The SMILES string of the molecule is C.CCOC(=O)CC(CN)c1ccccc1.Cl.Cn1cncc1CN1CC(c2ccccc2)CC1=O.O=C1CC(c2ccccc2)CN1Cc1cn(C(c2ccccc2)(c2ccccc2)c2ccccc2)cn1.O=Cc1cn(C(c2ccccc2)(c2ccccc2)c2ccccc2)cn1. The molecule has 2 aliphatic rings. The van der Waals surface area contributed by atoms with E-state index < -0.39 is 11.1 Å². The first-order chi connectivity index (χ1) is 47.6. The molecule has 2 aliphatic heterocycles. The number of nitrogens with two attached hydrogens (primary N) is 1. The molecule has 15 heteroatoms. The summed E-state index contributed by atoms with van der Waals surface area (Å²) in [5.41, 5.74) is 17.1. The van der Waals surface area contributed by atoms with Gasteiger partial charge in [0.05, 0.1) is 56.5 Å². The van der Waals surface area contributed by atoms with Crippen LogP contribution in [0.4, 0.5) is 0 Å². The fourth-order valence-corrected chi connectivity index (χ4v) is 13.3. The molecule has 9 aromatic carbocycles. The van der Waals surface area contributed by atoms with Crippen LogP contribution in [0, 0.1) is 0 Å². The molecule has 5 heterocycles. The van der Waals surface area contributed by atoms with Gasteiger partial charge < -0.3 is 34.0 Å². The van der Waals surface area contributed by atoms with E-state index in [0.29, 0.717) is 57.1 Å². The number of aromatic nitrogens is 6. The Hall–Kier alpha value is -11.1. The molecule has 2 amide bonds. The summed E-state index contributed by atoms with van der Waals surface area (Å²) in [5, 5.41) is 0. The summed E-state index contributed by atoms with van der Waals surface area (Å²) in [6, 6.07) is 93.0. The third-order valence-electron chi connectivity index (χ3n) is 18.2. The number of likely N-dealkylation sites (tertiary alicyclic amines) is 2. The van der Waals surface area contributed by atoms with Crippen molar-refractivity contribution in [3.8, 4) is 0 Å². The number of imidazole rings is 3. The lowest BCUT2D eigenvalue weighted by molar-refractivity contribution is -0.143. The van der Waals surface area contributed by atoms with Gasteiger partial charge in [-0.3, -0.25) is 19.2 Å². The number of hydrogen-bond acceptors (Lipinski definition) is 9. The third-order valence-corrected chi connectivity index (χ3v) is 18.2. The Balaban J connectivity index is 0.000000162. The minimum Gasteiger partial charge on any atom is -0.466 e. The van der Waals surface area contributed by atoms with Crippen LogP contribution >= 0.6 is 12.4 Å². The van der Waals surface area contributed by atoms with Crippen molar-refractivity contribution in [3.05, 3.63) is 378 Å². The molecule has 0 bridgehead atoms. The topological polar surface area (TPSA) is 163 Å². The van der Waals surface area contributed by atoms with Crippen molar-refractivity contribution in [2.45, 2.75) is 75.5 Å². The average molecular weight is 1340 g/mol. The van der Waals surface area contributed by atoms with Crippen LogP contribution in [0.3, 0.4) is 0 Å². The van der Waals surface area contributed by atoms with Crippen molar-refractivity contribution in [1.29, 1.82) is 0 Å². The van der Waals surface area contributed by atoms with Gasteiger partial charge in [0, 0.05) is 69.3 Å². The van der Waals surface area contributed by atoms with Gasteiger partial charge in [0.1, 0.15) is 16.8 Å². The van der Waals surface area contributed by atoms with E-state index in [9.17, 15) is 19.2 Å². The number of amides is 2. The van der Waals surface area contributed by atoms with Gasteiger partial charge in [-0.15, -0.1) is 12.4 Å². The van der Waals surface area contributed by atoms with Crippen molar-refractivity contribution >= 4 is 36.5 Å². The summed E-state index contributed by atoms with van der Waals surface area (Å²) in [7, 11) is 1.96. The van der Waals surface area contributed by atoms with Crippen LogP contribution in [-0.4, -0.2) is 88.8 Å². The van der Waals surface area contributed by atoms with E-state index in [1.54, 1.807) is 25.8 Å². The second-order valence-corrected chi connectivity index (χ2v) is 24.2. The third kappa shape index (κ3) is 17.0. The Morgan fingerprint density at radius 1 is 0.525 bits per heavy atom. The quantitative estimate of drug-likeness (QED) is 0.0444. The summed E-state index contributed by atoms with van der Waals surface area (Å²) in [5.74, 6) is 0.843. The lowest BCUT2D eigenvalue weighted by Crippen LogP contribution is -2.37. The fraction of sp³-hybridized carbons (Fsp3) is 0.202. The largest absolute Gasteiger partial charge is 0.466 e. The second-order valence-electron chi connectivity index (χ2n) is 24.2. The zero-order chi connectivity index (χ0) is 67.2. The zero-order valence-corrected chi connectivity index (χ0v) is 56.0. The summed E-state index contributed by atoms with van der Waals surface area (Å²) >= 11 is 0. The Labute approximate surface area is 587 Å². The standard InChI is InChI=1S/C33H29N3O.C23H18N2O.C15H17N3O.C12H17NO2.CH4.ClH/c37-32-21-27(26-13-5-1-6-14-26)22-35(32)23-31-24-36(25-34-31)33(28-15-7-2-8-16-28,29-17-9-3-10-18-29)30-19-11-4-12-20-30;26-17-22-16-25(18-24-22)23(19-10-4-1-5-11-19,20-12-6-2-7-13-20)21-14-8-3-9-15-21;1-17-11-16-8-14(17)10-18-9-13(7-15(18)19)12-5-3-2-4-6-12;1-2-15-12(14)8-11(9-13)10-6-4-3-5-7-10;;/h1-20,24-25,27H,21-23H2;1-18H;2-6,8,11,13H,7,9-10H2,1H3;3-7,11H,2,8-9,13H2,1H3;1H4;1H. The molecule has 0 saturated carbocycles. The van der Waals surface area contributed by atoms with E-state index in [2.05, 4.69) is 154 Å². The molecule has 504 valence electrons. The zero-order valence-electron chi connectivity index (χ0n) is 55.2. The van der Waals surface area contributed by atoms with Gasteiger partial charge in [-0.05, 0) is 63.5 Å². The lowest BCUT2D eigenvalue weighted by atomic mass is 9.77. The van der Waals surface area contributed by atoms with Crippen LogP contribution < -0.4 is 5.73 Å². The summed E-state index contributed by atoms with van der Waals surface area (Å²) in [6.45, 7) is 5.36. The molecule has 14 nitrogen and oxygen atoms in total. The molecule has 0 spiro atoms. The number of benzene rings is 9. The van der Waals surface area contributed by atoms with E-state index in [0.717, 1.165) is 69.7 Å². The highest BCUT2D eigenvalue weighted by atomic mass is 35.5. The predicted molar refractivity (Wildman–Crippen MR) is 394 cm³/mol. The van der Waals surface area contributed by atoms with E-state index >= 15 is 0 Å². The van der Waals surface area contributed by atoms with Gasteiger partial charge in [-0.1, -0.05) is 280 Å². The van der Waals surface area contributed by atoms with Crippen molar-refractivity contribution in [1.82, 2.24) is 38.5 Å². The van der Waals surface area contributed by atoms with Gasteiger partial charge in [-0.25, -0.2) is 15.0 Å². The first-order valence-electron chi connectivity index (χ1n) is 33.0. The molecule has 3 aromatic heterocycles. The smallest absolute Gasteiger partial charge is 0.306 e. The Kier molecular flexibility index (Phi) is 25.7. The molecule has 2 fully saturated rings. The Morgan fingerprint density at radius 3 is 1.24 bits per heavy atom. The molecular weight excluding hydrogens is 1250 g/mol. The number of carbonyl (C=O) groups is 4. The molecule has 0 radical (unpaired) electrons. The lowest BCUT2D eigenvalue weighted by Gasteiger charge is -2.37. The van der Waals surface area contributed by atoms with Crippen LogP contribution in [-0.2, 0) is 50.3 Å². The molecule has 14 rings (SSSR count). The van der Waals surface area contributed by atoms with Crippen molar-refractivity contribution in [2.24, 2.45) is 12.8 Å². The molecule has 3 unspecified atom stereocenters. The summed E-state index contributed by atoms with van der Waals surface area (Å²) in [6.07, 6.45) is 13.4. The highest BCUT2D eigenvalue weighted by molar-refractivity contribution is 5.85. The monoisotopic (exact) mass is 1340 g/mol. The number of ether oxygens (including phenoxy) is 1. The van der Waals surface area contributed by atoms with Crippen LogP contribution in [0.15, 0.2) is 311 Å². The molecule has 3 atom stereocenters. The number of aldehydes is 1. The Morgan fingerprint density at radius 2 is 0.889 bits per heavy atom. The number of aryl methyl sites for hydroxylation is 1. The molecule has 12 aromatic rings. The summed E-state index contributed by atoms with van der Waals surface area (Å²) < 4.78 is 11.1. The van der Waals surface area contributed by atoms with E-state index in [1.165, 1.54) is 11.1 Å². The predicted octanol–water partition coefficient (Wildman–Crippen LogP) is 15.5. The minimum atomic E-state index is -0.613. The fourth-order valence-electron chi connectivity index (χ4n) is 13.3. The minimum absolute atomic E-state index is 0. The van der Waals surface area contributed by atoms with Crippen LogP contribution in [0.5, 0.6) is 0 Å². The van der Waals surface area contributed by atoms with Crippen molar-refractivity contribution < 1.29 is 23.9 Å². The molecular formula is C84H86ClN9O5. The second kappa shape index (κ2) is 35.3. The normalized spacial score (nSPS) is 14.3. The average Bonchev–Trinajstić information content (AvgIpc) is 1.71. The van der Waals surface area contributed by atoms with Gasteiger partial charge in [-0.2, -0.15) is 0 Å². The molecule has 99 heavy (non-hydrogen) atoms. The van der Waals surface area contributed by atoms with Gasteiger partial charge >= 0.3 is 5.97 Å². The number of halogens is 1. The van der Waals surface area contributed by atoms with Crippen molar-refractivity contribution in [2.75, 3.05) is 26.2 Å². The van der Waals surface area contributed by atoms with Gasteiger partial charge in [0.2, 0.25) is 11.8 Å². The number of hydrogen-bond donors (Lipinski definition) is 1. The number of nitrogens with zero attached hydrogens (tertiary/aromatic N) is 8. The van der Waals surface area contributed by atoms with Crippen LogP contribution in [0.1, 0.15) is 123 Å². The van der Waals surface area contributed by atoms with Gasteiger partial charge in [0.15, 0.2) is 6.29 Å². The van der Waals surface area contributed by atoms with Crippen LogP contribution in [0.2, 0.25) is 0 Å². The Bertz CT molecular complexity index is 4200. The van der Waals surface area contributed by atoms with Crippen molar-refractivity contribution in [3.63, 3.8) is 0 Å². The number of carbonyl (C=O) groups excluding carboxylic acids is 4.